The van der Waals surface area contributed by atoms with Gasteiger partial charge in [0.05, 0.1) is 5.41 Å². The number of amides is 1. The van der Waals surface area contributed by atoms with Crippen LogP contribution in [0.1, 0.15) is 19.4 Å². The Morgan fingerprint density at radius 1 is 1.15 bits per heavy atom. The SMILES string of the molecule is CC(C)(C(=O)N1CCN(c2ccccn2)CC1)c1c[nH]c2ccc(F)cc12. The first-order valence-corrected chi connectivity index (χ1v) is 9.19. The quantitative estimate of drug-likeness (QED) is 0.774. The number of aromatic amines is 1. The lowest BCUT2D eigenvalue weighted by molar-refractivity contribution is -0.136. The summed E-state index contributed by atoms with van der Waals surface area (Å²) in [5.74, 6) is 0.708. The molecule has 1 aliphatic heterocycles. The zero-order valence-corrected chi connectivity index (χ0v) is 15.6. The van der Waals surface area contributed by atoms with Crippen molar-refractivity contribution in [1.29, 1.82) is 0 Å². The topological polar surface area (TPSA) is 52.2 Å². The minimum atomic E-state index is -0.737. The van der Waals surface area contributed by atoms with Crippen LogP contribution in [0, 0.1) is 5.82 Å². The lowest BCUT2D eigenvalue weighted by atomic mass is 9.82. The Morgan fingerprint density at radius 3 is 2.63 bits per heavy atom. The molecule has 0 bridgehead atoms. The largest absolute Gasteiger partial charge is 0.361 e. The van der Waals surface area contributed by atoms with Crippen LogP contribution >= 0.6 is 0 Å². The zero-order valence-electron chi connectivity index (χ0n) is 15.6. The lowest BCUT2D eigenvalue weighted by Crippen LogP contribution is -2.53. The fraction of sp³-hybridized carbons (Fsp3) is 0.333. The second kappa shape index (κ2) is 6.68. The van der Waals surface area contributed by atoms with Crippen LogP contribution in [0.15, 0.2) is 48.8 Å². The number of piperazine rings is 1. The smallest absolute Gasteiger partial charge is 0.232 e. The number of carbonyl (C=O) groups is 1. The minimum absolute atomic E-state index is 0.0633. The van der Waals surface area contributed by atoms with Gasteiger partial charge in [-0.15, -0.1) is 0 Å². The van der Waals surface area contributed by atoms with Crippen LogP contribution in [-0.2, 0) is 10.2 Å². The number of hydrogen-bond acceptors (Lipinski definition) is 3. The van der Waals surface area contributed by atoms with Gasteiger partial charge in [0.25, 0.3) is 0 Å². The Bertz CT molecular complexity index is 959. The van der Waals surface area contributed by atoms with E-state index >= 15 is 0 Å². The summed E-state index contributed by atoms with van der Waals surface area (Å²) in [4.78, 5) is 24.9. The number of halogens is 1. The van der Waals surface area contributed by atoms with Gasteiger partial charge >= 0.3 is 0 Å². The molecule has 0 radical (unpaired) electrons. The van der Waals surface area contributed by atoms with Crippen LogP contribution in [0.5, 0.6) is 0 Å². The number of aromatic nitrogens is 2. The Morgan fingerprint density at radius 2 is 1.93 bits per heavy atom. The lowest BCUT2D eigenvalue weighted by Gasteiger charge is -2.39. The van der Waals surface area contributed by atoms with Crippen LogP contribution in [0.3, 0.4) is 0 Å². The summed E-state index contributed by atoms with van der Waals surface area (Å²) in [5.41, 5.74) is 0.931. The first-order chi connectivity index (χ1) is 13.0. The molecule has 27 heavy (non-hydrogen) atoms. The molecule has 1 aromatic carbocycles. The van der Waals surface area contributed by atoms with Crippen molar-refractivity contribution in [3.8, 4) is 0 Å². The molecule has 0 saturated carbocycles. The fourth-order valence-electron chi connectivity index (χ4n) is 3.80. The van der Waals surface area contributed by atoms with Crippen molar-refractivity contribution in [3.63, 3.8) is 0 Å². The normalized spacial score (nSPS) is 15.4. The zero-order chi connectivity index (χ0) is 19.0. The minimum Gasteiger partial charge on any atom is -0.361 e. The van der Waals surface area contributed by atoms with Crippen molar-refractivity contribution in [2.45, 2.75) is 19.3 Å². The van der Waals surface area contributed by atoms with Crippen LogP contribution in [0.2, 0.25) is 0 Å². The summed E-state index contributed by atoms with van der Waals surface area (Å²) in [6.07, 6.45) is 3.61. The average Bonchev–Trinajstić information content (AvgIpc) is 3.12. The van der Waals surface area contributed by atoms with Gasteiger partial charge in [-0.3, -0.25) is 4.79 Å². The molecule has 0 spiro atoms. The Hall–Kier alpha value is -2.89. The maximum atomic E-state index is 13.7. The van der Waals surface area contributed by atoms with Gasteiger partial charge in [0.2, 0.25) is 5.91 Å². The molecule has 3 heterocycles. The molecule has 6 heteroatoms. The van der Waals surface area contributed by atoms with Gasteiger partial charge in [0.15, 0.2) is 0 Å². The number of anilines is 1. The van der Waals surface area contributed by atoms with E-state index in [1.807, 2.05) is 43.1 Å². The predicted octanol–water partition coefficient (Wildman–Crippen LogP) is 3.33. The molecular weight excluding hydrogens is 343 g/mol. The molecule has 1 amide bonds. The van der Waals surface area contributed by atoms with E-state index in [0.29, 0.717) is 13.1 Å². The van der Waals surface area contributed by atoms with Gasteiger partial charge in [0, 0.05) is 49.5 Å². The van der Waals surface area contributed by atoms with E-state index in [0.717, 1.165) is 35.4 Å². The highest BCUT2D eigenvalue weighted by atomic mass is 19.1. The van der Waals surface area contributed by atoms with Crippen molar-refractivity contribution >= 4 is 22.6 Å². The van der Waals surface area contributed by atoms with E-state index in [2.05, 4.69) is 14.9 Å². The van der Waals surface area contributed by atoms with Crippen molar-refractivity contribution in [3.05, 3.63) is 60.2 Å². The third kappa shape index (κ3) is 3.16. The van der Waals surface area contributed by atoms with Crippen LogP contribution in [0.4, 0.5) is 10.2 Å². The van der Waals surface area contributed by atoms with Crippen LogP contribution < -0.4 is 4.90 Å². The van der Waals surface area contributed by atoms with Crippen molar-refractivity contribution in [1.82, 2.24) is 14.9 Å². The monoisotopic (exact) mass is 366 g/mol. The Balaban J connectivity index is 1.52. The molecule has 0 unspecified atom stereocenters. The summed E-state index contributed by atoms with van der Waals surface area (Å²) in [6, 6.07) is 10.5. The van der Waals surface area contributed by atoms with Crippen molar-refractivity contribution < 1.29 is 9.18 Å². The molecule has 140 valence electrons. The molecular formula is C21H23FN4O. The van der Waals surface area contributed by atoms with Crippen molar-refractivity contribution in [2.75, 3.05) is 31.1 Å². The molecule has 1 N–H and O–H groups in total. The molecule has 0 aliphatic carbocycles. The number of carbonyl (C=O) groups excluding carboxylic acids is 1. The number of pyridine rings is 1. The predicted molar refractivity (Wildman–Crippen MR) is 104 cm³/mol. The molecule has 2 aromatic heterocycles. The highest BCUT2D eigenvalue weighted by Gasteiger charge is 2.37. The number of H-pyrrole nitrogens is 1. The van der Waals surface area contributed by atoms with Gasteiger partial charge in [-0.2, -0.15) is 0 Å². The Kier molecular flexibility index (Phi) is 4.34. The molecule has 0 atom stereocenters. The molecule has 5 nitrogen and oxygen atoms in total. The van der Waals surface area contributed by atoms with Gasteiger partial charge < -0.3 is 14.8 Å². The molecule has 3 aromatic rings. The third-order valence-corrected chi connectivity index (χ3v) is 5.39. The standard InChI is InChI=1S/C21H23FN4O/c1-21(2,17-14-24-18-7-6-15(22)13-16(17)18)20(27)26-11-9-25(10-12-26)19-5-3-4-8-23-19/h3-8,13-14,24H,9-12H2,1-2H3. The number of hydrogen-bond donors (Lipinski definition) is 1. The number of benzene rings is 1. The maximum absolute atomic E-state index is 13.7. The van der Waals surface area contributed by atoms with E-state index < -0.39 is 5.41 Å². The summed E-state index contributed by atoms with van der Waals surface area (Å²) in [6.45, 7) is 6.62. The van der Waals surface area contributed by atoms with Crippen LogP contribution in [-0.4, -0.2) is 47.0 Å². The summed E-state index contributed by atoms with van der Waals surface area (Å²) in [7, 11) is 0. The second-order valence-electron chi connectivity index (χ2n) is 7.48. The summed E-state index contributed by atoms with van der Waals surface area (Å²) >= 11 is 0. The first-order valence-electron chi connectivity index (χ1n) is 9.19. The van der Waals surface area contributed by atoms with Crippen molar-refractivity contribution in [2.24, 2.45) is 0 Å². The molecule has 4 rings (SSSR count). The van der Waals surface area contributed by atoms with E-state index in [1.54, 1.807) is 12.3 Å². The number of nitrogens with zero attached hydrogens (tertiary/aromatic N) is 3. The number of nitrogens with one attached hydrogen (secondary N) is 1. The maximum Gasteiger partial charge on any atom is 0.232 e. The van der Waals surface area contributed by atoms with Gasteiger partial charge in [-0.1, -0.05) is 6.07 Å². The number of rotatable bonds is 3. The average molecular weight is 366 g/mol. The van der Waals surface area contributed by atoms with E-state index in [4.69, 9.17) is 0 Å². The Labute approximate surface area is 157 Å². The molecule has 1 saturated heterocycles. The highest BCUT2D eigenvalue weighted by Crippen LogP contribution is 2.33. The van der Waals surface area contributed by atoms with Gasteiger partial charge in [0.1, 0.15) is 11.6 Å². The van der Waals surface area contributed by atoms with Gasteiger partial charge in [-0.05, 0) is 49.7 Å². The first kappa shape index (κ1) is 17.5. The highest BCUT2D eigenvalue weighted by molar-refractivity contribution is 5.94. The second-order valence-corrected chi connectivity index (χ2v) is 7.48. The van der Waals surface area contributed by atoms with Crippen LogP contribution in [0.25, 0.3) is 10.9 Å². The summed E-state index contributed by atoms with van der Waals surface area (Å²) < 4.78 is 13.7. The van der Waals surface area contributed by atoms with E-state index in [9.17, 15) is 9.18 Å². The van der Waals surface area contributed by atoms with Gasteiger partial charge in [-0.25, -0.2) is 9.37 Å². The van der Waals surface area contributed by atoms with E-state index in [-0.39, 0.29) is 11.7 Å². The van der Waals surface area contributed by atoms with E-state index in [1.165, 1.54) is 12.1 Å². The fourth-order valence-corrected chi connectivity index (χ4v) is 3.80. The molecule has 1 fully saturated rings. The summed E-state index contributed by atoms with van der Waals surface area (Å²) in [5, 5.41) is 0.764. The molecule has 1 aliphatic rings. The third-order valence-electron chi connectivity index (χ3n) is 5.39. The number of fused-ring (bicyclic) bond motifs is 1.